The Morgan fingerprint density at radius 3 is 0.750 bits per heavy atom. The lowest BCUT2D eigenvalue weighted by atomic mass is 10.0. The Morgan fingerprint density at radius 1 is 0.287 bits per heavy atom. The lowest BCUT2D eigenvalue weighted by Gasteiger charge is -2.15. The predicted octanol–water partition coefficient (Wildman–Crippen LogP) is 22.4. The third-order valence-electron chi connectivity index (χ3n) is 12.9. The predicted molar refractivity (Wildman–Crippen MR) is 352 cm³/mol. The van der Waals surface area contributed by atoms with Crippen LogP contribution in [0, 0.1) is 0 Å². The molecule has 446 valence electrons. The van der Waals surface area contributed by atoms with Crippen LogP contribution >= 0.6 is 0 Å². The summed E-state index contributed by atoms with van der Waals surface area (Å²) in [6.45, 7) is 3.89. The second-order valence-electron chi connectivity index (χ2n) is 20.4. The standard InChI is InChI=1S/C75H116O5/c1-3-5-7-9-11-13-15-17-19-21-23-25-27-29-30-31-32-33-34-35-36-37-38-39-40-41-42-43-44-46-48-50-52-54-56-58-60-62-64-66-68-70-75(78)80-73(71-76)72-79-74(77)69-67-65-63-61-59-57-55-53-51-49-47-45-28-26-24-22-20-18-16-14-12-10-8-6-4-2/h5-8,11-14,17-20,23-26,29-30,32-33,35-36,38-39,41-42,44,46,50,52,56,58,73,76H,3-4,9-10,15-16,21-22,27-28,31,34,37,40,43,45,47-49,51,53-55,57,59-72H2,1-2H3/b7-5-,8-6-,13-11-,14-12-,19-17-,20-18-,25-23-,26-24-,30-29-,33-32-,36-35-,39-38-,42-41-,46-44-,52-50-,58-56-. The monoisotopic (exact) mass is 1100 g/mol. The van der Waals surface area contributed by atoms with Gasteiger partial charge in [-0.2, -0.15) is 0 Å². The van der Waals surface area contributed by atoms with Crippen molar-refractivity contribution in [3.8, 4) is 0 Å². The average Bonchev–Trinajstić information content (AvgIpc) is 3.46. The first-order valence-electron chi connectivity index (χ1n) is 32.0. The molecule has 0 aliphatic carbocycles. The van der Waals surface area contributed by atoms with Crippen molar-refractivity contribution < 1.29 is 24.2 Å². The number of allylic oxidation sites excluding steroid dienone is 32. The van der Waals surface area contributed by atoms with E-state index in [0.29, 0.717) is 12.8 Å². The molecular formula is C75H116O5. The smallest absolute Gasteiger partial charge is 0.306 e. The van der Waals surface area contributed by atoms with E-state index in [2.05, 4.69) is 208 Å². The molecule has 0 aliphatic heterocycles. The van der Waals surface area contributed by atoms with E-state index in [4.69, 9.17) is 9.47 Å². The van der Waals surface area contributed by atoms with E-state index in [1.54, 1.807) is 0 Å². The molecule has 1 N–H and O–H groups in total. The summed E-state index contributed by atoms with van der Waals surface area (Å²) in [5.41, 5.74) is 0. The lowest BCUT2D eigenvalue weighted by molar-refractivity contribution is -0.161. The van der Waals surface area contributed by atoms with Gasteiger partial charge in [0, 0.05) is 12.8 Å². The van der Waals surface area contributed by atoms with Crippen molar-refractivity contribution in [1.29, 1.82) is 0 Å². The van der Waals surface area contributed by atoms with Crippen LogP contribution in [0.1, 0.15) is 245 Å². The third-order valence-corrected chi connectivity index (χ3v) is 12.9. The van der Waals surface area contributed by atoms with Crippen molar-refractivity contribution >= 4 is 11.9 Å². The van der Waals surface area contributed by atoms with E-state index in [9.17, 15) is 14.7 Å². The fourth-order valence-corrected chi connectivity index (χ4v) is 8.17. The van der Waals surface area contributed by atoms with Crippen LogP contribution in [0.25, 0.3) is 0 Å². The molecule has 0 fully saturated rings. The molecule has 0 radical (unpaired) electrons. The van der Waals surface area contributed by atoms with Gasteiger partial charge in [-0.25, -0.2) is 0 Å². The Balaban J connectivity index is 3.66. The zero-order valence-corrected chi connectivity index (χ0v) is 51.0. The molecule has 0 amide bonds. The Morgan fingerprint density at radius 2 is 0.500 bits per heavy atom. The second-order valence-corrected chi connectivity index (χ2v) is 20.4. The molecule has 0 saturated heterocycles. The van der Waals surface area contributed by atoms with Crippen LogP contribution < -0.4 is 0 Å². The molecular weight excluding hydrogens is 981 g/mol. The largest absolute Gasteiger partial charge is 0.462 e. The Labute approximate surface area is 492 Å². The van der Waals surface area contributed by atoms with Gasteiger partial charge >= 0.3 is 11.9 Å². The topological polar surface area (TPSA) is 72.8 Å². The Hall–Kier alpha value is -5.26. The highest BCUT2D eigenvalue weighted by molar-refractivity contribution is 5.70. The molecule has 5 heteroatoms. The van der Waals surface area contributed by atoms with Gasteiger partial charge in [-0.3, -0.25) is 9.59 Å². The summed E-state index contributed by atoms with van der Waals surface area (Å²) in [5, 5.41) is 9.68. The van der Waals surface area contributed by atoms with Crippen LogP contribution in [0.5, 0.6) is 0 Å². The number of carbonyl (C=O) groups excluding carboxylic acids is 2. The highest BCUT2D eigenvalue weighted by Crippen LogP contribution is 2.14. The van der Waals surface area contributed by atoms with E-state index in [-0.39, 0.29) is 25.2 Å². The van der Waals surface area contributed by atoms with Gasteiger partial charge in [-0.15, -0.1) is 0 Å². The van der Waals surface area contributed by atoms with Crippen molar-refractivity contribution in [2.24, 2.45) is 0 Å². The molecule has 0 aromatic carbocycles. The minimum absolute atomic E-state index is 0.0893. The van der Waals surface area contributed by atoms with Gasteiger partial charge in [0.2, 0.25) is 0 Å². The first-order chi connectivity index (χ1) is 39.6. The summed E-state index contributed by atoms with van der Waals surface area (Å²) in [6, 6.07) is 0. The van der Waals surface area contributed by atoms with Gasteiger partial charge in [0.05, 0.1) is 6.61 Å². The summed E-state index contributed by atoms with van der Waals surface area (Å²) < 4.78 is 10.7. The minimum atomic E-state index is -0.802. The molecule has 0 saturated carbocycles. The maximum absolute atomic E-state index is 12.3. The molecule has 0 aromatic heterocycles. The Kier molecular flexibility index (Phi) is 63.5. The number of unbranched alkanes of at least 4 members (excludes halogenated alkanes) is 16. The number of aliphatic hydroxyl groups excluding tert-OH is 1. The zero-order valence-electron chi connectivity index (χ0n) is 51.0. The Bertz CT molecular complexity index is 1870. The number of carbonyl (C=O) groups is 2. The number of ether oxygens (including phenoxy) is 2. The van der Waals surface area contributed by atoms with E-state index in [1.807, 2.05) is 0 Å². The molecule has 0 heterocycles. The van der Waals surface area contributed by atoms with Gasteiger partial charge in [0.1, 0.15) is 6.61 Å². The third kappa shape index (κ3) is 65.3. The zero-order chi connectivity index (χ0) is 57.6. The molecule has 1 unspecified atom stereocenters. The normalized spacial score (nSPS) is 13.6. The van der Waals surface area contributed by atoms with Crippen molar-refractivity contribution in [3.05, 3.63) is 194 Å². The summed E-state index contributed by atoms with van der Waals surface area (Å²) in [7, 11) is 0. The van der Waals surface area contributed by atoms with Crippen molar-refractivity contribution in [2.75, 3.05) is 13.2 Å². The summed E-state index contributed by atoms with van der Waals surface area (Å²) in [4.78, 5) is 24.6. The molecule has 0 spiro atoms. The van der Waals surface area contributed by atoms with Crippen molar-refractivity contribution in [3.63, 3.8) is 0 Å². The second kappa shape index (κ2) is 68.0. The van der Waals surface area contributed by atoms with Crippen LogP contribution in [-0.4, -0.2) is 36.4 Å². The molecule has 1 atom stereocenters. The summed E-state index contributed by atoms with van der Waals surface area (Å²) >= 11 is 0. The maximum atomic E-state index is 12.3. The van der Waals surface area contributed by atoms with E-state index < -0.39 is 6.10 Å². The van der Waals surface area contributed by atoms with E-state index in [1.165, 1.54) is 64.2 Å². The fraction of sp³-hybridized carbons (Fsp3) is 0.547. The van der Waals surface area contributed by atoms with Crippen LogP contribution in [0.2, 0.25) is 0 Å². The average molecular weight is 1100 g/mol. The van der Waals surface area contributed by atoms with Gasteiger partial charge < -0.3 is 14.6 Å². The first kappa shape index (κ1) is 74.7. The summed E-state index contributed by atoms with van der Waals surface area (Å²) in [5.74, 6) is -0.634. The number of esters is 2. The molecule has 0 aromatic rings. The molecule has 0 aliphatic rings. The van der Waals surface area contributed by atoms with E-state index in [0.717, 1.165) is 154 Å². The number of rotatable bonds is 56. The number of hydrogen-bond donors (Lipinski definition) is 1. The van der Waals surface area contributed by atoms with Crippen molar-refractivity contribution in [1.82, 2.24) is 0 Å². The fourth-order valence-electron chi connectivity index (χ4n) is 8.17. The molecule has 5 nitrogen and oxygen atoms in total. The van der Waals surface area contributed by atoms with Gasteiger partial charge in [-0.05, 0) is 141 Å². The summed E-state index contributed by atoms with van der Waals surface area (Å²) in [6.07, 6.45) is 108. The number of aliphatic hydroxyl groups is 1. The van der Waals surface area contributed by atoms with Gasteiger partial charge in [0.15, 0.2) is 6.10 Å². The van der Waals surface area contributed by atoms with Crippen LogP contribution in [-0.2, 0) is 19.1 Å². The van der Waals surface area contributed by atoms with Crippen LogP contribution in [0.15, 0.2) is 194 Å². The van der Waals surface area contributed by atoms with Crippen molar-refractivity contribution in [2.45, 2.75) is 251 Å². The van der Waals surface area contributed by atoms with Crippen LogP contribution in [0.3, 0.4) is 0 Å². The molecule has 0 rings (SSSR count). The lowest BCUT2D eigenvalue weighted by Crippen LogP contribution is -2.28. The minimum Gasteiger partial charge on any atom is -0.462 e. The highest BCUT2D eigenvalue weighted by atomic mass is 16.6. The highest BCUT2D eigenvalue weighted by Gasteiger charge is 2.16. The van der Waals surface area contributed by atoms with Crippen LogP contribution in [0.4, 0.5) is 0 Å². The van der Waals surface area contributed by atoms with Gasteiger partial charge in [-0.1, -0.05) is 285 Å². The quantitative estimate of drug-likeness (QED) is 0.0373. The molecule has 0 bridgehead atoms. The maximum Gasteiger partial charge on any atom is 0.306 e. The molecule has 80 heavy (non-hydrogen) atoms. The SMILES string of the molecule is CC/C=C\C/C=C\C/C=C\C/C=C\C/C=C\C/C=C\C/C=C\C/C=C\C/C=C\C/C=C\C/C=C\C/C=C\CCCCCCC(=O)OC(CO)COC(=O)CCCCCCCCCCCCCC/C=C\C/C=C\C/C=C\C/C=C\CC. The first-order valence-corrected chi connectivity index (χ1v) is 32.0. The number of hydrogen-bond acceptors (Lipinski definition) is 5. The van der Waals surface area contributed by atoms with Gasteiger partial charge in [0.25, 0.3) is 0 Å². The van der Waals surface area contributed by atoms with E-state index >= 15 is 0 Å².